The van der Waals surface area contributed by atoms with Crippen molar-refractivity contribution < 1.29 is 32.3 Å². The molecule has 0 aromatic heterocycles. The van der Waals surface area contributed by atoms with Gasteiger partial charge in [-0.15, -0.1) is 0 Å². The zero-order valence-corrected chi connectivity index (χ0v) is 9.80. The van der Waals surface area contributed by atoms with Crippen LogP contribution in [-0.2, 0) is 27.2 Å². The molecule has 0 aliphatic heterocycles. The molecule has 0 saturated heterocycles. The Kier molecular flexibility index (Phi) is 14.7. The van der Waals surface area contributed by atoms with Gasteiger partial charge in [0.2, 0.25) is 0 Å². The summed E-state index contributed by atoms with van der Waals surface area (Å²) in [5, 5.41) is 7.91. The number of carboxylic acids is 1. The summed E-state index contributed by atoms with van der Waals surface area (Å²) in [4.78, 5) is 9.60. The van der Waals surface area contributed by atoms with Crippen LogP contribution >= 0.6 is 0 Å². The second-order valence-corrected chi connectivity index (χ2v) is 3.27. The second-order valence-electron chi connectivity index (χ2n) is 3.27. The smallest absolute Gasteiger partial charge is 0.303 e. The van der Waals surface area contributed by atoms with Crippen LogP contribution in [0.1, 0.15) is 58.3 Å². The van der Waals surface area contributed by atoms with E-state index in [1.165, 1.54) is 38.5 Å². The van der Waals surface area contributed by atoms with Gasteiger partial charge in [0.1, 0.15) is 0 Å². The maximum Gasteiger partial charge on any atom is 0.303 e. The van der Waals surface area contributed by atoms with Gasteiger partial charge in [-0.25, -0.2) is 0 Å². The van der Waals surface area contributed by atoms with Crippen molar-refractivity contribution in [2.24, 2.45) is 0 Å². The Balaban J connectivity index is 0. The zero-order chi connectivity index (χ0) is 9.23. The summed E-state index contributed by atoms with van der Waals surface area (Å²) in [6.45, 7) is 1.84. The molecular weight excluding hydrogens is 260 g/mol. The van der Waals surface area contributed by atoms with E-state index in [0.717, 1.165) is 6.42 Å². The predicted molar refractivity (Wildman–Crippen MR) is 50.2 cm³/mol. The van der Waals surface area contributed by atoms with Crippen LogP contribution in [0.5, 0.6) is 0 Å². The van der Waals surface area contributed by atoms with Crippen molar-refractivity contribution in [2.75, 3.05) is 0 Å². The van der Waals surface area contributed by atoms with Gasteiger partial charge in [0, 0.05) is 28.8 Å². The third-order valence-electron chi connectivity index (χ3n) is 1.96. The van der Waals surface area contributed by atoms with Crippen LogP contribution in [0, 0.1) is 0 Å². The average Bonchev–Trinajstić information content (AvgIpc) is 2.08. The first-order valence-electron chi connectivity index (χ1n) is 4.99. The van der Waals surface area contributed by atoms with Gasteiger partial charge < -0.3 is 5.11 Å². The average molecular weight is 280 g/mol. The van der Waals surface area contributed by atoms with E-state index >= 15 is 0 Å². The standard InChI is InChI=1S/C6H12.C4H8O2.Ag/c1-2-4-6-5-3-1;1-2-3-4(5)6;/h1-6H2;2-3H2,1H3,(H,5,6);. The Hall–Kier alpha value is 0.210. The molecule has 13 heavy (non-hydrogen) atoms. The fourth-order valence-electron chi connectivity index (χ4n) is 1.27. The van der Waals surface area contributed by atoms with Crippen LogP contribution in [0.2, 0.25) is 0 Å². The molecule has 0 aromatic rings. The number of hydrogen-bond donors (Lipinski definition) is 1. The molecule has 1 aliphatic carbocycles. The fraction of sp³-hybridized carbons (Fsp3) is 0.900. The normalized spacial score (nSPS) is 14.8. The minimum Gasteiger partial charge on any atom is -0.481 e. The molecule has 1 N–H and O–H groups in total. The van der Waals surface area contributed by atoms with Crippen LogP contribution in [-0.4, -0.2) is 11.1 Å². The van der Waals surface area contributed by atoms with Crippen LogP contribution in [0.15, 0.2) is 0 Å². The quantitative estimate of drug-likeness (QED) is 0.789. The van der Waals surface area contributed by atoms with Gasteiger partial charge in [0.25, 0.3) is 0 Å². The molecule has 0 spiro atoms. The van der Waals surface area contributed by atoms with Crippen molar-refractivity contribution in [3.8, 4) is 0 Å². The van der Waals surface area contributed by atoms with Crippen molar-refractivity contribution in [2.45, 2.75) is 58.3 Å². The zero-order valence-electron chi connectivity index (χ0n) is 8.31. The maximum absolute atomic E-state index is 9.60. The Labute approximate surface area is 96.6 Å². The number of aliphatic carboxylic acids is 1. The van der Waals surface area contributed by atoms with Crippen molar-refractivity contribution >= 4 is 5.97 Å². The number of hydrogen-bond acceptors (Lipinski definition) is 1. The van der Waals surface area contributed by atoms with Gasteiger partial charge in [-0.1, -0.05) is 45.4 Å². The molecule has 1 saturated carbocycles. The van der Waals surface area contributed by atoms with E-state index in [1.807, 2.05) is 6.92 Å². The molecule has 0 aromatic carbocycles. The first-order valence-corrected chi connectivity index (χ1v) is 4.99. The van der Waals surface area contributed by atoms with E-state index in [9.17, 15) is 4.79 Å². The molecule has 1 fully saturated rings. The monoisotopic (exact) mass is 279 g/mol. The molecule has 0 amide bonds. The second kappa shape index (κ2) is 12.2. The summed E-state index contributed by atoms with van der Waals surface area (Å²) in [5.74, 6) is -0.711. The van der Waals surface area contributed by atoms with Gasteiger partial charge >= 0.3 is 5.97 Å². The summed E-state index contributed by atoms with van der Waals surface area (Å²) in [6, 6.07) is 0. The van der Waals surface area contributed by atoms with E-state index < -0.39 is 5.97 Å². The summed E-state index contributed by atoms with van der Waals surface area (Å²) in [6.07, 6.45) is 10.0. The third kappa shape index (κ3) is 15.0. The Bertz CT molecular complexity index is 100.0. The van der Waals surface area contributed by atoms with Crippen molar-refractivity contribution in [1.82, 2.24) is 0 Å². The largest absolute Gasteiger partial charge is 0.481 e. The molecule has 1 rings (SSSR count). The van der Waals surface area contributed by atoms with E-state index in [4.69, 9.17) is 5.11 Å². The third-order valence-corrected chi connectivity index (χ3v) is 1.96. The summed E-state index contributed by atoms with van der Waals surface area (Å²) in [5.41, 5.74) is 0. The Morgan fingerprint density at radius 1 is 1.08 bits per heavy atom. The molecule has 1 aliphatic rings. The summed E-state index contributed by atoms with van der Waals surface area (Å²) in [7, 11) is 0. The predicted octanol–water partition coefficient (Wildman–Crippen LogP) is 3.21. The van der Waals surface area contributed by atoms with Crippen LogP contribution in [0.25, 0.3) is 0 Å². The molecule has 0 unspecified atom stereocenters. The number of carbonyl (C=O) groups is 1. The summed E-state index contributed by atoms with van der Waals surface area (Å²) < 4.78 is 0. The van der Waals surface area contributed by atoms with Gasteiger partial charge in [-0.2, -0.15) is 0 Å². The molecule has 0 atom stereocenters. The molecule has 2 nitrogen and oxygen atoms in total. The van der Waals surface area contributed by atoms with Gasteiger partial charge in [-0.3, -0.25) is 4.79 Å². The molecular formula is C10H20AgO2. The van der Waals surface area contributed by atoms with E-state index in [2.05, 4.69) is 0 Å². The van der Waals surface area contributed by atoms with Crippen LogP contribution in [0.4, 0.5) is 0 Å². The molecule has 1 radical (unpaired) electrons. The minimum absolute atomic E-state index is 0. The van der Waals surface area contributed by atoms with Crippen LogP contribution < -0.4 is 0 Å². The SMILES string of the molecule is C1CCCCC1.CCCC(=O)O.[Ag]. The van der Waals surface area contributed by atoms with E-state index in [-0.39, 0.29) is 22.4 Å². The number of carboxylic acid groups (broad SMARTS) is 1. The van der Waals surface area contributed by atoms with Crippen molar-refractivity contribution in [1.29, 1.82) is 0 Å². The molecule has 0 heterocycles. The minimum atomic E-state index is -0.711. The van der Waals surface area contributed by atoms with Gasteiger partial charge in [-0.05, 0) is 6.42 Å². The first kappa shape index (κ1) is 15.7. The Morgan fingerprint density at radius 3 is 1.46 bits per heavy atom. The Morgan fingerprint density at radius 2 is 1.38 bits per heavy atom. The van der Waals surface area contributed by atoms with Crippen molar-refractivity contribution in [3.05, 3.63) is 0 Å². The number of rotatable bonds is 2. The maximum atomic E-state index is 9.60. The van der Waals surface area contributed by atoms with Crippen LogP contribution in [0.3, 0.4) is 0 Å². The summed E-state index contributed by atoms with van der Waals surface area (Å²) >= 11 is 0. The van der Waals surface area contributed by atoms with Gasteiger partial charge in [0.05, 0.1) is 0 Å². The molecule has 0 bridgehead atoms. The molecule has 3 heteroatoms. The topological polar surface area (TPSA) is 37.3 Å². The van der Waals surface area contributed by atoms with Crippen molar-refractivity contribution in [3.63, 3.8) is 0 Å². The molecule has 83 valence electrons. The van der Waals surface area contributed by atoms with E-state index in [0.29, 0.717) is 6.42 Å². The van der Waals surface area contributed by atoms with E-state index in [1.54, 1.807) is 0 Å². The van der Waals surface area contributed by atoms with Gasteiger partial charge in [0.15, 0.2) is 0 Å². The first-order chi connectivity index (χ1) is 5.77. The fourth-order valence-corrected chi connectivity index (χ4v) is 1.27.